The van der Waals surface area contributed by atoms with E-state index in [1.54, 1.807) is 0 Å². The number of carboxylic acids is 1. The monoisotopic (exact) mass is 1130 g/mol. The lowest BCUT2D eigenvalue weighted by Gasteiger charge is -2.26. The highest BCUT2D eigenvalue weighted by Crippen LogP contribution is 2.19. The molecule has 0 aliphatic heterocycles. The molecule has 0 radical (unpaired) electrons. The van der Waals surface area contributed by atoms with Crippen LogP contribution >= 0.6 is 0 Å². The van der Waals surface area contributed by atoms with Gasteiger partial charge in [0.25, 0.3) is 0 Å². The largest absolute Gasteiger partial charge is 0.545 e. The van der Waals surface area contributed by atoms with Crippen LogP contribution in [0.5, 0.6) is 0 Å². The number of hydrogen-bond donors (Lipinski definition) is 0. The number of nitrogens with zero attached hydrogens (tertiary/aromatic N) is 1. The summed E-state index contributed by atoms with van der Waals surface area (Å²) in [4.78, 5) is 37.4. The summed E-state index contributed by atoms with van der Waals surface area (Å²) in [6.07, 6.45) is 75.3. The third-order valence-electron chi connectivity index (χ3n) is 15.6. The van der Waals surface area contributed by atoms with Crippen LogP contribution in [0.15, 0.2) is 36.5 Å². The van der Waals surface area contributed by atoms with E-state index < -0.39 is 24.3 Å². The van der Waals surface area contributed by atoms with Gasteiger partial charge in [0.05, 0.1) is 40.3 Å². The number of carbonyl (C=O) groups excluding carboxylic acids is 3. The number of carbonyl (C=O) groups is 3. The number of likely N-dealkylation sites (N-methyl/N-ethyl adjacent to an activating group) is 1. The van der Waals surface area contributed by atoms with E-state index in [1.165, 1.54) is 238 Å². The van der Waals surface area contributed by atoms with E-state index in [1.807, 2.05) is 21.1 Å². The molecule has 0 spiro atoms. The maximum absolute atomic E-state index is 12.9. The predicted octanol–water partition coefficient (Wildman–Crippen LogP) is 19.9. The molecule has 80 heavy (non-hydrogen) atoms. The maximum Gasteiger partial charge on any atom is 0.306 e. The van der Waals surface area contributed by atoms with Gasteiger partial charge in [-0.2, -0.15) is 0 Å². The van der Waals surface area contributed by atoms with E-state index in [9.17, 15) is 19.5 Å². The van der Waals surface area contributed by atoms with E-state index >= 15 is 0 Å². The SMILES string of the molecule is CCCCC/C=C\C/C=C\C/C=C\CCCCCCCCC(=O)OC(COC(=O)CCCCCCCCCCCCCCCCCCCCCCCCCCCCCCCCCCCCCC)COC(OCC[N+](C)(C)C)C(=O)[O-]. The van der Waals surface area contributed by atoms with Crippen LogP contribution < -0.4 is 5.11 Å². The fourth-order valence-electron chi connectivity index (χ4n) is 10.3. The first-order valence-corrected chi connectivity index (χ1v) is 34.6. The van der Waals surface area contributed by atoms with Gasteiger partial charge in [-0.1, -0.05) is 314 Å². The number of ether oxygens (including phenoxy) is 4. The zero-order valence-corrected chi connectivity index (χ0v) is 53.7. The molecule has 9 heteroatoms. The van der Waals surface area contributed by atoms with Crippen LogP contribution in [0.1, 0.15) is 341 Å². The van der Waals surface area contributed by atoms with Gasteiger partial charge in [0.15, 0.2) is 12.4 Å². The third kappa shape index (κ3) is 63.1. The lowest BCUT2D eigenvalue weighted by atomic mass is 10.0. The molecule has 9 nitrogen and oxygen atoms in total. The molecule has 0 N–H and O–H groups in total. The predicted molar refractivity (Wildman–Crippen MR) is 339 cm³/mol. The molecule has 2 unspecified atom stereocenters. The van der Waals surface area contributed by atoms with Crippen LogP contribution in [0.25, 0.3) is 0 Å². The second kappa shape index (κ2) is 62.6. The topological polar surface area (TPSA) is 111 Å². The van der Waals surface area contributed by atoms with Crippen molar-refractivity contribution in [1.29, 1.82) is 0 Å². The van der Waals surface area contributed by atoms with Crippen molar-refractivity contribution in [3.05, 3.63) is 36.5 Å². The molecule has 470 valence electrons. The third-order valence-corrected chi connectivity index (χ3v) is 15.6. The Morgan fingerprint density at radius 1 is 0.375 bits per heavy atom. The molecule has 0 heterocycles. The van der Waals surface area contributed by atoms with Gasteiger partial charge in [-0.05, 0) is 51.4 Å². The number of carboxylic acid groups (broad SMARTS) is 1. The number of esters is 2. The summed E-state index contributed by atoms with van der Waals surface area (Å²) in [5, 5.41) is 11.8. The van der Waals surface area contributed by atoms with Crippen molar-refractivity contribution < 1.29 is 42.9 Å². The first kappa shape index (κ1) is 77.5. The number of allylic oxidation sites excluding steroid dienone is 6. The molecule has 0 amide bonds. The van der Waals surface area contributed by atoms with Crippen LogP contribution in [-0.4, -0.2) is 82.3 Å². The minimum Gasteiger partial charge on any atom is -0.545 e. The Labute approximate surface area is 496 Å². The minimum atomic E-state index is -1.62. The fourth-order valence-corrected chi connectivity index (χ4v) is 10.3. The Morgan fingerprint density at radius 2 is 0.675 bits per heavy atom. The van der Waals surface area contributed by atoms with Crippen molar-refractivity contribution in [2.45, 2.75) is 354 Å². The Balaban J connectivity index is 3.99. The number of unbranched alkanes of at least 4 members (excludes halogenated alkanes) is 44. The average molecular weight is 1130 g/mol. The number of quaternary nitrogens is 1. The standard InChI is InChI=1S/C71H133NO8/c1-6-8-10-12-14-16-18-20-22-24-26-27-28-29-30-31-32-33-34-35-36-37-38-39-40-41-42-44-45-47-49-51-53-55-57-59-61-68(73)78-65-67(66-79-71(70(75)76)77-64-63-72(3,4)5)80-69(74)62-60-58-56-54-52-50-48-46-43-25-23-21-19-17-15-13-11-9-7-2/h15,17,21,23,43,46,67,71H,6-14,16,18-20,22,24-42,44-45,47-66H2,1-5H3/b17-15-,23-21-,46-43-. The molecular weight excluding hydrogens is 995 g/mol. The van der Waals surface area contributed by atoms with E-state index in [0.717, 1.165) is 70.6 Å². The molecule has 0 aromatic carbocycles. The van der Waals surface area contributed by atoms with Gasteiger partial charge in [0.2, 0.25) is 0 Å². The molecule has 0 aliphatic carbocycles. The highest BCUT2D eigenvalue weighted by molar-refractivity contribution is 5.70. The van der Waals surface area contributed by atoms with Crippen molar-refractivity contribution in [2.75, 3.05) is 47.5 Å². The minimum absolute atomic E-state index is 0.146. The number of rotatable bonds is 65. The molecule has 0 aliphatic rings. The zero-order valence-electron chi connectivity index (χ0n) is 53.7. The van der Waals surface area contributed by atoms with Crippen LogP contribution in [0, 0.1) is 0 Å². The van der Waals surface area contributed by atoms with E-state index in [-0.39, 0.29) is 32.2 Å². The van der Waals surface area contributed by atoms with Gasteiger partial charge in [0, 0.05) is 12.8 Å². The molecule has 2 atom stereocenters. The van der Waals surface area contributed by atoms with E-state index in [0.29, 0.717) is 23.9 Å². The first-order valence-electron chi connectivity index (χ1n) is 34.6. The summed E-state index contributed by atoms with van der Waals surface area (Å²) >= 11 is 0. The summed E-state index contributed by atoms with van der Waals surface area (Å²) in [5.41, 5.74) is 0. The molecule has 0 saturated heterocycles. The summed E-state index contributed by atoms with van der Waals surface area (Å²) in [7, 11) is 5.93. The van der Waals surface area contributed by atoms with Gasteiger partial charge < -0.3 is 33.3 Å². The first-order chi connectivity index (χ1) is 39.1. The zero-order chi connectivity index (χ0) is 58.3. The van der Waals surface area contributed by atoms with Crippen molar-refractivity contribution in [2.24, 2.45) is 0 Å². The van der Waals surface area contributed by atoms with Crippen LogP contribution in [-0.2, 0) is 33.3 Å². The van der Waals surface area contributed by atoms with Crippen LogP contribution in [0.2, 0.25) is 0 Å². The highest BCUT2D eigenvalue weighted by atomic mass is 16.7. The highest BCUT2D eigenvalue weighted by Gasteiger charge is 2.22. The molecule has 0 saturated carbocycles. The summed E-state index contributed by atoms with van der Waals surface area (Å²) in [5.74, 6) is -2.28. The number of aliphatic carboxylic acids is 1. The van der Waals surface area contributed by atoms with Crippen LogP contribution in [0.3, 0.4) is 0 Å². The van der Waals surface area contributed by atoms with Crippen molar-refractivity contribution in [1.82, 2.24) is 0 Å². The lowest BCUT2D eigenvalue weighted by molar-refractivity contribution is -0.870. The Hall–Kier alpha value is -2.49. The summed E-state index contributed by atoms with van der Waals surface area (Å²) < 4.78 is 22.8. The van der Waals surface area contributed by atoms with Gasteiger partial charge in [0.1, 0.15) is 13.2 Å². The Morgan fingerprint density at radius 3 is 1.02 bits per heavy atom. The van der Waals surface area contributed by atoms with Crippen LogP contribution in [0.4, 0.5) is 0 Å². The number of hydrogen-bond acceptors (Lipinski definition) is 8. The molecule has 0 rings (SSSR count). The van der Waals surface area contributed by atoms with Gasteiger partial charge >= 0.3 is 11.9 Å². The molecular formula is C71H133NO8. The second-order valence-corrected chi connectivity index (χ2v) is 24.8. The smallest absolute Gasteiger partial charge is 0.306 e. The second-order valence-electron chi connectivity index (χ2n) is 24.8. The maximum atomic E-state index is 12.9. The molecule has 0 bridgehead atoms. The Kier molecular flexibility index (Phi) is 60.6. The van der Waals surface area contributed by atoms with Crippen molar-refractivity contribution >= 4 is 17.9 Å². The van der Waals surface area contributed by atoms with Gasteiger partial charge in [-0.3, -0.25) is 9.59 Å². The lowest BCUT2D eigenvalue weighted by Crippen LogP contribution is -2.44. The fraction of sp³-hybridized carbons (Fsp3) is 0.873. The van der Waals surface area contributed by atoms with Crippen molar-refractivity contribution in [3.8, 4) is 0 Å². The van der Waals surface area contributed by atoms with E-state index in [2.05, 4.69) is 50.3 Å². The Bertz CT molecular complexity index is 1410. The van der Waals surface area contributed by atoms with E-state index in [4.69, 9.17) is 18.9 Å². The quantitative estimate of drug-likeness (QED) is 0.0195. The van der Waals surface area contributed by atoms with Crippen molar-refractivity contribution in [3.63, 3.8) is 0 Å². The molecule has 0 fully saturated rings. The van der Waals surface area contributed by atoms with Gasteiger partial charge in [-0.15, -0.1) is 0 Å². The summed E-state index contributed by atoms with van der Waals surface area (Å²) in [6, 6.07) is 0. The normalized spacial score (nSPS) is 12.9. The molecule has 0 aromatic rings. The summed E-state index contributed by atoms with van der Waals surface area (Å²) in [6.45, 7) is 4.76. The molecule has 0 aromatic heterocycles. The van der Waals surface area contributed by atoms with Gasteiger partial charge in [-0.25, -0.2) is 0 Å². The average Bonchev–Trinajstić information content (AvgIpc) is 3.43.